The molecule has 1 fully saturated rings. The fourth-order valence-electron chi connectivity index (χ4n) is 3.02. The molecule has 4 nitrogen and oxygen atoms in total. The molecule has 2 aromatic rings. The molecule has 0 radical (unpaired) electrons. The Balaban J connectivity index is 1.62. The van der Waals surface area contributed by atoms with Crippen molar-refractivity contribution in [2.75, 3.05) is 7.05 Å². The van der Waals surface area contributed by atoms with Crippen molar-refractivity contribution in [3.05, 3.63) is 47.1 Å². The van der Waals surface area contributed by atoms with Crippen LogP contribution in [0.1, 0.15) is 54.4 Å². The number of nitrogens with zero attached hydrogens (tertiary/aromatic N) is 2. The van der Waals surface area contributed by atoms with Crippen LogP contribution in [0, 0.1) is 6.92 Å². The van der Waals surface area contributed by atoms with Gasteiger partial charge in [-0.3, -0.25) is 0 Å². The molecule has 1 aliphatic carbocycles. The molecule has 21 heavy (non-hydrogen) atoms. The van der Waals surface area contributed by atoms with E-state index in [1.54, 1.807) is 0 Å². The fraction of sp³-hybridized carbons (Fsp3) is 0.529. The van der Waals surface area contributed by atoms with Crippen LogP contribution in [0.15, 0.2) is 28.8 Å². The van der Waals surface area contributed by atoms with Crippen molar-refractivity contribution in [3.63, 3.8) is 0 Å². The number of aryl methyl sites for hydroxylation is 1. The lowest BCUT2D eigenvalue weighted by Gasteiger charge is -2.25. The highest BCUT2D eigenvalue weighted by molar-refractivity contribution is 5.23. The first-order valence-corrected chi connectivity index (χ1v) is 7.80. The molecule has 0 atom stereocenters. The number of aromatic nitrogens is 2. The molecule has 1 N–H and O–H groups in total. The summed E-state index contributed by atoms with van der Waals surface area (Å²) < 4.78 is 5.49. The van der Waals surface area contributed by atoms with Gasteiger partial charge < -0.3 is 9.84 Å². The molecule has 0 spiro atoms. The zero-order valence-electron chi connectivity index (χ0n) is 12.8. The first-order chi connectivity index (χ1) is 10.2. The van der Waals surface area contributed by atoms with E-state index in [0.717, 1.165) is 31.0 Å². The van der Waals surface area contributed by atoms with Crippen molar-refractivity contribution in [3.8, 4) is 0 Å². The summed E-state index contributed by atoms with van der Waals surface area (Å²) in [6.07, 6.45) is 5.40. The number of hydrogen-bond donors (Lipinski definition) is 1. The van der Waals surface area contributed by atoms with Gasteiger partial charge in [0, 0.05) is 18.4 Å². The average Bonchev–Trinajstić information content (AvgIpc) is 2.98. The third kappa shape index (κ3) is 3.50. The van der Waals surface area contributed by atoms with E-state index < -0.39 is 0 Å². The number of benzene rings is 1. The van der Waals surface area contributed by atoms with Gasteiger partial charge in [-0.25, -0.2) is 0 Å². The van der Waals surface area contributed by atoms with E-state index >= 15 is 0 Å². The molecule has 0 bridgehead atoms. The molecule has 3 rings (SSSR count). The highest BCUT2D eigenvalue weighted by atomic mass is 16.5. The van der Waals surface area contributed by atoms with Crippen LogP contribution in [0.5, 0.6) is 0 Å². The van der Waals surface area contributed by atoms with Crippen LogP contribution in [0.2, 0.25) is 0 Å². The Kier molecular flexibility index (Phi) is 4.34. The van der Waals surface area contributed by atoms with Gasteiger partial charge in [-0.1, -0.05) is 35.0 Å². The van der Waals surface area contributed by atoms with Crippen LogP contribution in [0.4, 0.5) is 0 Å². The number of rotatable bonds is 4. The molecule has 4 heteroatoms. The molecule has 1 aromatic heterocycles. The van der Waals surface area contributed by atoms with E-state index in [2.05, 4.69) is 46.6 Å². The van der Waals surface area contributed by atoms with E-state index in [4.69, 9.17) is 4.52 Å². The van der Waals surface area contributed by atoms with Crippen LogP contribution in [0.25, 0.3) is 0 Å². The van der Waals surface area contributed by atoms with Crippen LogP contribution < -0.4 is 5.32 Å². The Morgan fingerprint density at radius 2 is 1.86 bits per heavy atom. The van der Waals surface area contributed by atoms with Gasteiger partial charge in [0.05, 0.1) is 0 Å². The summed E-state index contributed by atoms with van der Waals surface area (Å²) >= 11 is 0. The van der Waals surface area contributed by atoms with Crippen LogP contribution in [-0.2, 0) is 6.42 Å². The second kappa shape index (κ2) is 6.39. The molecular weight excluding hydrogens is 262 g/mol. The second-order valence-electron chi connectivity index (χ2n) is 6.05. The van der Waals surface area contributed by atoms with E-state index in [1.165, 1.54) is 24.0 Å². The molecule has 0 aliphatic heterocycles. The summed E-state index contributed by atoms with van der Waals surface area (Å²) in [5, 5.41) is 7.50. The van der Waals surface area contributed by atoms with Crippen molar-refractivity contribution < 1.29 is 4.52 Å². The summed E-state index contributed by atoms with van der Waals surface area (Å²) in [6, 6.07) is 9.15. The Morgan fingerprint density at radius 3 is 2.52 bits per heavy atom. The first kappa shape index (κ1) is 14.3. The summed E-state index contributed by atoms with van der Waals surface area (Å²) in [6.45, 7) is 2.09. The van der Waals surface area contributed by atoms with Crippen molar-refractivity contribution in [2.24, 2.45) is 0 Å². The number of nitrogens with one attached hydrogen (secondary N) is 1. The Bertz CT molecular complexity index is 568. The first-order valence-electron chi connectivity index (χ1n) is 7.80. The topological polar surface area (TPSA) is 51.0 Å². The molecule has 1 saturated carbocycles. The summed E-state index contributed by atoms with van der Waals surface area (Å²) in [4.78, 5) is 4.60. The molecule has 0 amide bonds. The van der Waals surface area contributed by atoms with E-state index in [-0.39, 0.29) is 0 Å². The Morgan fingerprint density at radius 1 is 1.14 bits per heavy atom. The average molecular weight is 285 g/mol. The molecule has 0 unspecified atom stereocenters. The predicted octanol–water partition coefficient (Wildman–Crippen LogP) is 3.21. The summed E-state index contributed by atoms with van der Waals surface area (Å²) in [5.41, 5.74) is 2.50. The molecule has 0 saturated heterocycles. The van der Waals surface area contributed by atoms with Gasteiger partial charge in [0.25, 0.3) is 0 Å². The van der Waals surface area contributed by atoms with Crippen molar-refractivity contribution in [1.29, 1.82) is 0 Å². The highest BCUT2D eigenvalue weighted by Gasteiger charge is 2.25. The van der Waals surface area contributed by atoms with E-state index in [9.17, 15) is 0 Å². The minimum absolute atomic E-state index is 0.439. The predicted molar refractivity (Wildman–Crippen MR) is 82.3 cm³/mol. The van der Waals surface area contributed by atoms with Gasteiger partial charge in [0.1, 0.15) is 0 Å². The summed E-state index contributed by atoms with van der Waals surface area (Å²) in [7, 11) is 2.04. The van der Waals surface area contributed by atoms with Gasteiger partial charge in [-0.05, 0) is 45.2 Å². The highest BCUT2D eigenvalue weighted by Crippen LogP contribution is 2.31. The van der Waals surface area contributed by atoms with Crippen LogP contribution in [0.3, 0.4) is 0 Å². The Labute approximate surface area is 126 Å². The van der Waals surface area contributed by atoms with Gasteiger partial charge in [-0.15, -0.1) is 0 Å². The molecular formula is C17H23N3O. The molecule has 1 aromatic carbocycles. The maximum absolute atomic E-state index is 5.49. The standard InChI is InChI=1S/C17H23N3O/c1-12-3-5-13(6-4-12)11-16-19-17(21-20-16)14-7-9-15(18-2)10-8-14/h3-6,14-15,18H,7-11H2,1-2H3. The maximum Gasteiger partial charge on any atom is 0.229 e. The maximum atomic E-state index is 5.49. The third-order valence-corrected chi connectivity index (χ3v) is 4.45. The van der Waals surface area contributed by atoms with Gasteiger partial charge >= 0.3 is 0 Å². The fourth-order valence-corrected chi connectivity index (χ4v) is 3.02. The monoisotopic (exact) mass is 285 g/mol. The molecule has 1 heterocycles. The quantitative estimate of drug-likeness (QED) is 0.937. The lowest BCUT2D eigenvalue weighted by Crippen LogP contribution is -2.29. The summed E-state index contributed by atoms with van der Waals surface area (Å²) in [5.74, 6) is 2.06. The zero-order valence-corrected chi connectivity index (χ0v) is 12.8. The van der Waals surface area contributed by atoms with Gasteiger partial charge in [0.2, 0.25) is 5.89 Å². The minimum Gasteiger partial charge on any atom is -0.339 e. The SMILES string of the molecule is CNC1CCC(c2nc(Cc3ccc(C)cc3)no2)CC1. The van der Waals surface area contributed by atoms with E-state index in [1.807, 2.05) is 7.05 Å². The molecule has 112 valence electrons. The van der Waals surface area contributed by atoms with E-state index in [0.29, 0.717) is 12.0 Å². The number of hydrogen-bond acceptors (Lipinski definition) is 4. The zero-order chi connectivity index (χ0) is 14.7. The van der Waals surface area contributed by atoms with Crippen molar-refractivity contribution in [2.45, 2.75) is 51.0 Å². The van der Waals surface area contributed by atoms with Gasteiger partial charge in [0.15, 0.2) is 5.82 Å². The van der Waals surface area contributed by atoms with Gasteiger partial charge in [-0.2, -0.15) is 4.98 Å². The minimum atomic E-state index is 0.439. The van der Waals surface area contributed by atoms with Crippen LogP contribution >= 0.6 is 0 Å². The lowest BCUT2D eigenvalue weighted by molar-refractivity contribution is 0.288. The lowest BCUT2D eigenvalue weighted by atomic mass is 9.86. The molecule has 1 aliphatic rings. The largest absolute Gasteiger partial charge is 0.339 e. The van der Waals surface area contributed by atoms with Crippen molar-refractivity contribution >= 4 is 0 Å². The normalized spacial score (nSPS) is 22.4. The third-order valence-electron chi connectivity index (χ3n) is 4.45. The Hall–Kier alpha value is -1.68. The van der Waals surface area contributed by atoms with Crippen molar-refractivity contribution in [1.82, 2.24) is 15.5 Å². The second-order valence-corrected chi connectivity index (χ2v) is 6.05. The van der Waals surface area contributed by atoms with Crippen LogP contribution in [-0.4, -0.2) is 23.2 Å². The smallest absolute Gasteiger partial charge is 0.229 e.